The summed E-state index contributed by atoms with van der Waals surface area (Å²) in [4.78, 5) is 35.1. The number of aliphatic hydroxyl groups is 1. The maximum atomic E-state index is 10.6. The van der Waals surface area contributed by atoms with Gasteiger partial charge >= 0.3 is 51.4 Å². The Balaban J connectivity index is 0.000000172. The van der Waals surface area contributed by atoms with Crippen LogP contribution in [-0.2, 0) is 27.8 Å². The maximum absolute atomic E-state index is 10.6. The van der Waals surface area contributed by atoms with E-state index in [9.17, 15) is 9.90 Å². The van der Waals surface area contributed by atoms with Crippen LogP contribution >= 0.6 is 47.0 Å². The fourth-order valence-electron chi connectivity index (χ4n) is 10.7. The first kappa shape index (κ1) is 85.5. The number of para-hydroxylation sites is 4. The Morgan fingerprint density at radius 2 is 0.991 bits per heavy atom. The number of thioether (sulfide) groups is 4. The zero-order valence-corrected chi connectivity index (χ0v) is 68.6. The standard InChI is InChI=1S/C20H16N4OS.2C19H15N3OS.C14H12N2O.C5H5NOS.C4H10O.C4H9O.K/c21-20-19-18(22-12-23-20)16-10-26-11-17(16)24(19)13-6-8-15(9-7-13)25-14-4-2-1-3-5-14;1-21-19-18(20)16-11-24-12-17(16)22(19)13-7-9-15(10-8-13)23-14-5-3-2-4-6-14;1-20-14-22(19-13-24-12-18(19)21-2)15-8-10-17(11-9-15)23-16-6-4-3-5-7-16;15-10-11-16-12-6-8-14(9-7-12)17-13-4-2-1-3-5-13;1-6-4-2-8-3-5(4)7;2*1-4(2,3)5;/h1-9,12H,10-11H2,(H2,21,22,23);2-10H,11-12,20H2;3-11H,12-14H2;1-9,16H,11H2;4H,2-3H2;5H,1-3H3;1-3H3;/q;;;;;;-1;+1. The summed E-state index contributed by atoms with van der Waals surface area (Å²) in [6.45, 7) is 39.2. The fraction of sp³-hybridized carbons (Fsp3) is 0.224. The average Bonchev–Trinajstić information content (AvgIpc) is 1.67. The summed E-state index contributed by atoms with van der Waals surface area (Å²) in [5.74, 6) is 13.9. The summed E-state index contributed by atoms with van der Waals surface area (Å²) in [6, 6.07) is 71.3. The summed E-state index contributed by atoms with van der Waals surface area (Å²) in [6.07, 6.45) is 1.54. The molecule has 1 atom stereocenters. The van der Waals surface area contributed by atoms with Crippen molar-refractivity contribution in [3.8, 4) is 63.4 Å². The topological polar surface area (TPSA) is 241 Å². The molecule has 554 valence electrons. The van der Waals surface area contributed by atoms with E-state index < -0.39 is 11.2 Å². The number of hydrogen-bond acceptors (Lipinski definition) is 18. The molecule has 3 aromatic heterocycles. The van der Waals surface area contributed by atoms with Crippen LogP contribution in [-0.4, -0.2) is 83.5 Å². The third-order valence-corrected chi connectivity index (χ3v) is 19.4. The number of nitrogens with two attached hydrogens (primary N) is 2. The third-order valence-electron chi connectivity index (χ3n) is 15.5. The number of nitrogen functional groups attached to an aromatic ring is 2. The second kappa shape index (κ2) is 42.7. The largest absolute Gasteiger partial charge is 1.00 e. The van der Waals surface area contributed by atoms with Gasteiger partial charge in [0.2, 0.25) is 5.78 Å². The van der Waals surface area contributed by atoms with Crippen molar-refractivity contribution in [2.75, 3.05) is 57.9 Å². The van der Waals surface area contributed by atoms with Gasteiger partial charge in [0, 0.05) is 68.3 Å². The van der Waals surface area contributed by atoms with Gasteiger partial charge in [-0.15, -0.1) is 29.1 Å². The molecule has 8 aromatic carbocycles. The van der Waals surface area contributed by atoms with Crippen LogP contribution in [0, 0.1) is 37.6 Å². The first-order valence-electron chi connectivity index (χ1n) is 34.4. The number of aromatic nitrogens is 4. The maximum Gasteiger partial charge on any atom is 1.00 e. The monoisotopic (exact) mass is 1560 g/mol. The van der Waals surface area contributed by atoms with Crippen molar-refractivity contribution in [3.05, 3.63) is 304 Å². The van der Waals surface area contributed by atoms with Crippen LogP contribution in [0.4, 0.5) is 28.7 Å². The molecule has 6 N–H and O–H groups in total. The summed E-state index contributed by atoms with van der Waals surface area (Å²) in [5.41, 5.74) is 23.8. The Morgan fingerprint density at radius 3 is 1.40 bits per heavy atom. The zero-order chi connectivity index (χ0) is 77.7. The van der Waals surface area contributed by atoms with Crippen molar-refractivity contribution in [1.29, 1.82) is 5.26 Å². The summed E-state index contributed by atoms with van der Waals surface area (Å²) in [7, 11) is 0. The van der Waals surface area contributed by atoms with Crippen LogP contribution in [0.1, 0.15) is 64.1 Å². The summed E-state index contributed by atoms with van der Waals surface area (Å²) < 4.78 is 27.3. The number of nitrogens with one attached hydrogen (secondary N) is 1. The minimum Gasteiger partial charge on any atom is -0.850 e. The van der Waals surface area contributed by atoms with E-state index in [0.29, 0.717) is 35.4 Å². The number of rotatable bonds is 15. The molecule has 1 fully saturated rings. The van der Waals surface area contributed by atoms with Crippen molar-refractivity contribution in [2.24, 2.45) is 0 Å². The van der Waals surface area contributed by atoms with Gasteiger partial charge in [-0.05, 0) is 166 Å². The number of nitrogens with zero attached hydrogens (tertiary/aromatic N) is 10. The molecular weight excluding hydrogens is 1480 g/mol. The number of anilines is 4. The van der Waals surface area contributed by atoms with Crippen LogP contribution in [0.3, 0.4) is 0 Å². The van der Waals surface area contributed by atoms with Gasteiger partial charge in [-0.3, -0.25) is 19.1 Å². The van der Waals surface area contributed by atoms with Crippen molar-refractivity contribution in [3.63, 3.8) is 0 Å². The molecule has 25 heteroatoms. The molecule has 11 aromatic rings. The Morgan fingerprint density at radius 1 is 0.573 bits per heavy atom. The molecule has 7 heterocycles. The number of ether oxygens (including phenoxy) is 4. The Hall–Kier alpha value is -10.1. The minimum atomic E-state index is -0.750. The minimum absolute atomic E-state index is 0. The van der Waals surface area contributed by atoms with Gasteiger partial charge in [0.1, 0.15) is 75.8 Å². The van der Waals surface area contributed by atoms with Gasteiger partial charge < -0.3 is 60.2 Å². The van der Waals surface area contributed by atoms with Crippen molar-refractivity contribution in [1.82, 2.24) is 19.1 Å². The second-order valence-electron chi connectivity index (χ2n) is 26.1. The van der Waals surface area contributed by atoms with Crippen LogP contribution < -0.4 is 97.1 Å². The fourth-order valence-corrected chi connectivity index (χ4v) is 15.0. The van der Waals surface area contributed by atoms with Gasteiger partial charge in [0.05, 0.1) is 46.7 Å². The first-order chi connectivity index (χ1) is 52.6. The number of fused-ring (bicyclic) bond motifs is 4. The third kappa shape index (κ3) is 25.7. The molecule has 0 amide bonds. The molecule has 0 spiro atoms. The molecule has 4 aliphatic rings. The molecule has 4 aliphatic heterocycles. The molecule has 15 rings (SSSR count). The predicted molar refractivity (Wildman–Crippen MR) is 442 cm³/mol. The first-order valence-corrected chi connectivity index (χ1v) is 39.0. The van der Waals surface area contributed by atoms with E-state index >= 15 is 0 Å². The molecule has 0 aliphatic carbocycles. The van der Waals surface area contributed by atoms with Crippen LogP contribution in [0.15, 0.2) is 236 Å². The van der Waals surface area contributed by atoms with E-state index in [1.54, 1.807) is 71.4 Å². The van der Waals surface area contributed by atoms with Gasteiger partial charge in [-0.1, -0.05) is 100 Å². The molecule has 20 nitrogen and oxygen atoms in total. The van der Waals surface area contributed by atoms with Gasteiger partial charge in [0.15, 0.2) is 11.5 Å². The number of nitriles is 1. The average molecular weight is 1570 g/mol. The van der Waals surface area contributed by atoms with E-state index in [4.69, 9.17) is 67.1 Å². The number of ketones is 1. The Labute approximate surface area is 702 Å². The predicted octanol–water partition coefficient (Wildman–Crippen LogP) is 16.7. The number of hydrogen-bond donors (Lipinski definition) is 4. The van der Waals surface area contributed by atoms with E-state index in [-0.39, 0.29) is 69.9 Å². The number of benzene rings is 8. The number of carbonyl (C=O) groups is 1. The normalized spacial score (nSPS) is 13.3. The van der Waals surface area contributed by atoms with E-state index in [1.807, 2.05) is 257 Å². The molecule has 0 saturated carbocycles. The van der Waals surface area contributed by atoms with Crippen LogP contribution in [0.5, 0.6) is 46.0 Å². The van der Waals surface area contributed by atoms with E-state index in [0.717, 1.165) is 137 Å². The van der Waals surface area contributed by atoms with Gasteiger partial charge in [-0.2, -0.15) is 28.8 Å². The Bertz CT molecular complexity index is 5030. The molecule has 1 saturated heterocycles. The van der Waals surface area contributed by atoms with Gasteiger partial charge in [-0.25, -0.2) is 28.0 Å². The molecule has 110 heavy (non-hydrogen) atoms. The summed E-state index contributed by atoms with van der Waals surface area (Å²) >= 11 is 6.99. The van der Waals surface area contributed by atoms with Crippen molar-refractivity contribution >= 4 is 92.6 Å². The van der Waals surface area contributed by atoms with Crippen LogP contribution in [0.2, 0.25) is 0 Å². The number of Topliss-reactive ketones (excluding diaryl/α,β-unsaturated/α-hetero) is 1. The molecular formula is C85H82KN13O7S4. The Kier molecular flexibility index (Phi) is 33.2. The second-order valence-corrected chi connectivity index (χ2v) is 30.1. The molecule has 0 bridgehead atoms. The van der Waals surface area contributed by atoms with Gasteiger partial charge in [0.25, 0.3) is 18.5 Å². The van der Waals surface area contributed by atoms with E-state index in [1.165, 1.54) is 11.3 Å². The smallest absolute Gasteiger partial charge is 0.850 e. The summed E-state index contributed by atoms with van der Waals surface area (Å²) in [5, 5.41) is 30.0. The van der Waals surface area contributed by atoms with Crippen LogP contribution in [0.25, 0.3) is 41.8 Å². The van der Waals surface area contributed by atoms with E-state index in [2.05, 4.69) is 39.2 Å². The van der Waals surface area contributed by atoms with Crippen molar-refractivity contribution in [2.45, 2.75) is 81.8 Å². The number of carbonyl (C=O) groups excluding carboxylic acids is 1. The zero-order valence-electron chi connectivity index (χ0n) is 62.2. The molecule has 0 radical (unpaired) electrons. The molecule has 1 unspecified atom stereocenters. The van der Waals surface area contributed by atoms with Crippen molar-refractivity contribution < 1.29 is 85.3 Å². The SMILES string of the molecule is CC(C)(C)O.CC(C)(C)[O-].N#CCNc1ccc(Oc2ccccc2)cc1.Nc1ncnc2c3c(n(-c4ccc(Oc5ccccc5)cc4)c12)CSC3.[C-]#[N+]C1CSCC1=O.[C-]#[N+]CN(C1=C([N+]#[C-])CSC1)c1ccc(Oc2ccccc2)cc1.[C-]#[N+]c1c(N)c2c(n1-c1ccc(Oc3ccccc3)cc1)CSC2.[K+]. The quantitative estimate of drug-likeness (QED) is 0.0424.